The number of rotatable bonds is 0. The first-order valence-electron chi connectivity index (χ1n) is 7.67. The van der Waals surface area contributed by atoms with Gasteiger partial charge >= 0.3 is 0 Å². The van der Waals surface area contributed by atoms with E-state index in [2.05, 4.69) is 5.32 Å². The molecule has 0 spiro atoms. The van der Waals surface area contributed by atoms with E-state index in [1.54, 1.807) is 20.8 Å². The first kappa shape index (κ1) is 2.71. The molecule has 3 saturated heterocycles. The van der Waals surface area contributed by atoms with Gasteiger partial charge in [0.1, 0.15) is 0 Å². The van der Waals surface area contributed by atoms with Crippen molar-refractivity contribution in [3.05, 3.63) is 0 Å². The van der Waals surface area contributed by atoms with Gasteiger partial charge in [-0.25, -0.2) is 0 Å². The van der Waals surface area contributed by atoms with Gasteiger partial charge in [0.15, 0.2) is 0 Å². The lowest BCUT2D eigenvalue weighted by Gasteiger charge is -2.52. The van der Waals surface area contributed by atoms with Crippen molar-refractivity contribution in [3.8, 4) is 0 Å². The highest BCUT2D eigenvalue weighted by Crippen LogP contribution is 2.26. The van der Waals surface area contributed by atoms with Crippen LogP contribution >= 0.6 is 0 Å². The summed E-state index contributed by atoms with van der Waals surface area (Å²) in [5.41, 5.74) is -0.996. The van der Waals surface area contributed by atoms with Crippen LogP contribution in [0.25, 0.3) is 0 Å². The Kier molecular flexibility index (Phi) is 0.543. The molecule has 0 radical (unpaired) electrons. The summed E-state index contributed by atoms with van der Waals surface area (Å²) >= 11 is 0. The van der Waals surface area contributed by atoms with Crippen LogP contribution < -0.4 is 5.32 Å². The zero-order valence-electron chi connectivity index (χ0n) is 14.9. The molecule has 2 bridgehead atoms. The van der Waals surface area contributed by atoms with Crippen molar-refractivity contribution in [2.24, 2.45) is 0 Å². The second-order valence-corrected chi connectivity index (χ2v) is 3.73. The molecule has 0 saturated carbocycles. The van der Waals surface area contributed by atoms with E-state index in [-0.39, 0.29) is 0 Å². The van der Waals surface area contributed by atoms with Crippen LogP contribution in [0.3, 0.4) is 0 Å². The van der Waals surface area contributed by atoms with Crippen molar-refractivity contribution in [1.29, 1.82) is 0 Å². The molecule has 2 nitrogen and oxygen atoms in total. The van der Waals surface area contributed by atoms with E-state index in [9.17, 15) is 0 Å². The van der Waals surface area contributed by atoms with Gasteiger partial charge in [0.25, 0.3) is 0 Å². The molecule has 0 aromatic heterocycles. The molecule has 0 aliphatic carbocycles. The number of hydrogen-bond acceptors (Lipinski definition) is 2. The van der Waals surface area contributed by atoms with Crippen molar-refractivity contribution in [2.45, 2.75) is 44.7 Å². The van der Waals surface area contributed by atoms with E-state index < -0.39 is 36.9 Å². The van der Waals surface area contributed by atoms with Crippen LogP contribution in [0.4, 0.5) is 0 Å². The van der Waals surface area contributed by atoms with Gasteiger partial charge in [0.2, 0.25) is 0 Å². The lowest BCUT2D eigenvalue weighted by atomic mass is 9.88. The van der Waals surface area contributed by atoms with Crippen LogP contribution in [0.1, 0.15) is 38.1 Å². The number of nitrogens with zero attached hydrogens (tertiary/aromatic N) is 1. The van der Waals surface area contributed by atoms with Gasteiger partial charge < -0.3 is 5.32 Å². The lowest BCUT2D eigenvalue weighted by Crippen LogP contribution is -2.69. The van der Waals surface area contributed by atoms with Crippen LogP contribution in [-0.4, -0.2) is 35.5 Å². The molecule has 0 amide bonds. The standard InChI is InChI=1S/C9H18N2/c1-9(2,3)11-5-7-4-8(6-11)10-7/h7-8,10H,4-6H2,1-3H3/i4D2,5D2,6D2,7D,8D. The van der Waals surface area contributed by atoms with Crippen molar-refractivity contribution < 1.29 is 11.0 Å². The number of piperazine rings is 1. The SMILES string of the molecule is [2H]C1([2H])N(C(C)(C)C)C([2H])([2H])C2([2H])NC1([2H])C2([2H])[2H]. The van der Waals surface area contributed by atoms with Crippen LogP contribution in [-0.2, 0) is 0 Å². The molecule has 2 atom stereocenters. The summed E-state index contributed by atoms with van der Waals surface area (Å²) in [6.07, 6.45) is -2.64. The molecule has 3 aliphatic heterocycles. The third-order valence-electron chi connectivity index (χ3n) is 1.62. The van der Waals surface area contributed by atoms with Crippen molar-refractivity contribution in [3.63, 3.8) is 0 Å². The molecule has 2 unspecified atom stereocenters. The van der Waals surface area contributed by atoms with Crippen LogP contribution in [0.5, 0.6) is 0 Å². The summed E-state index contributed by atoms with van der Waals surface area (Å²) in [5.74, 6) is 0. The van der Waals surface area contributed by atoms with Crippen molar-refractivity contribution >= 4 is 0 Å². The fourth-order valence-corrected chi connectivity index (χ4v) is 0.949. The molecule has 2 heteroatoms. The number of piperidine rings is 1. The van der Waals surface area contributed by atoms with E-state index >= 15 is 0 Å². The molecule has 3 heterocycles. The maximum atomic E-state index is 8.06. The first-order valence-corrected chi connectivity index (χ1v) is 3.67. The fraction of sp³-hybridized carbons (Fsp3) is 1.00. The minimum absolute atomic E-state index is 0.796. The Bertz CT molecular complexity index is 400. The zero-order valence-corrected chi connectivity index (χ0v) is 6.95. The van der Waals surface area contributed by atoms with Gasteiger partial charge in [-0.2, -0.15) is 0 Å². The summed E-state index contributed by atoms with van der Waals surface area (Å²) in [6, 6.07) is -4.75. The zero-order chi connectivity index (χ0) is 15.3. The minimum atomic E-state index is -2.64. The second kappa shape index (κ2) is 2.20. The van der Waals surface area contributed by atoms with Gasteiger partial charge in [-0.05, 0) is 27.1 Å². The summed E-state index contributed by atoms with van der Waals surface area (Å²) in [4.78, 5) is 0.796. The second-order valence-electron chi connectivity index (χ2n) is 3.73. The Balaban J connectivity index is 2.70. The van der Waals surface area contributed by atoms with Gasteiger partial charge in [0, 0.05) is 41.5 Å². The largest absolute Gasteiger partial charge is 0.309 e. The Morgan fingerprint density at radius 1 is 1.45 bits per heavy atom. The Hall–Kier alpha value is -0.0800. The lowest BCUT2D eigenvalue weighted by molar-refractivity contribution is 0.0167. The number of nitrogens with one attached hydrogen (secondary N) is 1. The normalized spacial score (nSPS) is 76.3. The average molecular weight is 162 g/mol. The van der Waals surface area contributed by atoms with Gasteiger partial charge in [0.05, 0.1) is 0 Å². The van der Waals surface area contributed by atoms with E-state index in [1.165, 1.54) is 0 Å². The molecular weight excluding hydrogens is 136 g/mol. The Labute approximate surface area is 80.2 Å². The molecule has 3 rings (SSSR count). The Morgan fingerprint density at radius 3 is 2.36 bits per heavy atom. The van der Waals surface area contributed by atoms with Crippen LogP contribution in [0.15, 0.2) is 0 Å². The first-order chi connectivity index (χ1) is 8.07. The van der Waals surface area contributed by atoms with Crippen molar-refractivity contribution in [1.82, 2.24) is 10.2 Å². The highest BCUT2D eigenvalue weighted by molar-refractivity contribution is 5.00. The summed E-state index contributed by atoms with van der Waals surface area (Å²) in [7, 11) is 0. The van der Waals surface area contributed by atoms with E-state index in [4.69, 9.17) is 11.0 Å². The maximum Gasteiger partial charge on any atom is 0.0479 e. The smallest absolute Gasteiger partial charge is 0.0479 e. The fourth-order valence-electron chi connectivity index (χ4n) is 0.949. The number of hydrogen-bond donors (Lipinski definition) is 1. The molecule has 3 aliphatic rings. The highest BCUT2D eigenvalue weighted by atomic mass is 15.3. The summed E-state index contributed by atoms with van der Waals surface area (Å²) in [6.45, 7) is -0.455. The van der Waals surface area contributed by atoms with Gasteiger partial charge in [-0.15, -0.1) is 0 Å². The third-order valence-corrected chi connectivity index (χ3v) is 1.62. The van der Waals surface area contributed by atoms with Gasteiger partial charge in [-0.3, -0.25) is 4.90 Å². The molecule has 0 aromatic carbocycles. The average Bonchev–Trinajstić information content (AvgIpc) is 2.11. The van der Waals surface area contributed by atoms with E-state index in [0.717, 1.165) is 4.90 Å². The highest BCUT2D eigenvalue weighted by Gasteiger charge is 2.39. The summed E-state index contributed by atoms with van der Waals surface area (Å²) < 4.78 is 63.9. The van der Waals surface area contributed by atoms with Crippen LogP contribution in [0, 0.1) is 0 Å². The number of fused-ring (bicyclic) bond motifs is 2. The molecule has 64 valence electrons. The van der Waals surface area contributed by atoms with E-state index in [0.29, 0.717) is 0 Å². The van der Waals surface area contributed by atoms with Crippen molar-refractivity contribution in [2.75, 3.05) is 13.0 Å². The topological polar surface area (TPSA) is 15.3 Å². The van der Waals surface area contributed by atoms with E-state index in [1.807, 2.05) is 0 Å². The third kappa shape index (κ3) is 1.30. The molecule has 3 fully saturated rings. The predicted octanol–water partition coefficient (Wildman–Crippen LogP) is 0.831. The molecule has 11 heavy (non-hydrogen) atoms. The Morgan fingerprint density at radius 2 is 2.00 bits per heavy atom. The summed E-state index contributed by atoms with van der Waals surface area (Å²) in [5, 5.41) is 2.17. The molecular formula is C9H18N2. The molecule has 1 N–H and O–H groups in total. The predicted molar refractivity (Wildman–Crippen MR) is 46.7 cm³/mol. The maximum absolute atomic E-state index is 8.06. The minimum Gasteiger partial charge on any atom is -0.309 e. The monoisotopic (exact) mass is 162 g/mol. The quantitative estimate of drug-likeness (QED) is 0.567. The van der Waals surface area contributed by atoms with Gasteiger partial charge in [-0.1, -0.05) is 0 Å². The molecule has 0 aromatic rings. The van der Waals surface area contributed by atoms with Crippen LogP contribution in [0.2, 0.25) is 0 Å².